The van der Waals surface area contributed by atoms with Gasteiger partial charge in [-0.2, -0.15) is 0 Å². The Labute approximate surface area is 152 Å². The van der Waals surface area contributed by atoms with Crippen molar-refractivity contribution in [3.05, 3.63) is 18.2 Å². The Morgan fingerprint density at radius 1 is 1.38 bits per heavy atom. The van der Waals surface area contributed by atoms with Crippen molar-refractivity contribution in [2.45, 2.75) is 18.9 Å². The molecule has 0 aliphatic carbocycles. The van der Waals surface area contributed by atoms with Crippen molar-refractivity contribution < 1.29 is 28.9 Å². The summed E-state index contributed by atoms with van der Waals surface area (Å²) in [7, 11) is 1.51. The summed E-state index contributed by atoms with van der Waals surface area (Å²) in [4.78, 5) is 26.2. The first-order chi connectivity index (χ1) is 12.6. The van der Waals surface area contributed by atoms with E-state index in [-0.39, 0.29) is 24.8 Å². The Hall–Kier alpha value is -2.32. The van der Waals surface area contributed by atoms with Crippen LogP contribution in [0.3, 0.4) is 0 Å². The van der Waals surface area contributed by atoms with E-state index in [1.807, 2.05) is 0 Å². The Morgan fingerprint density at radius 3 is 2.92 bits per heavy atom. The van der Waals surface area contributed by atoms with Gasteiger partial charge in [0.05, 0.1) is 18.6 Å². The summed E-state index contributed by atoms with van der Waals surface area (Å²) >= 11 is 0. The summed E-state index contributed by atoms with van der Waals surface area (Å²) in [5.74, 6) is 0.594. The molecule has 26 heavy (non-hydrogen) atoms. The fraction of sp³-hybridized carbons (Fsp3) is 0.556. The lowest BCUT2D eigenvalue weighted by molar-refractivity contribution is -0.126. The Bertz CT molecular complexity index is 665. The van der Waals surface area contributed by atoms with E-state index in [9.17, 15) is 14.7 Å². The van der Waals surface area contributed by atoms with E-state index in [2.05, 4.69) is 5.32 Å². The van der Waals surface area contributed by atoms with Crippen LogP contribution in [-0.2, 0) is 14.3 Å². The molecule has 2 heterocycles. The molecule has 8 heteroatoms. The van der Waals surface area contributed by atoms with Crippen LogP contribution in [0.4, 0.5) is 5.69 Å². The first-order valence-corrected chi connectivity index (χ1v) is 8.73. The summed E-state index contributed by atoms with van der Waals surface area (Å²) in [6, 6.07) is 5.35. The lowest BCUT2D eigenvalue weighted by atomic mass is 10.1. The minimum absolute atomic E-state index is 0.0961. The molecule has 2 N–H and O–H groups in total. The van der Waals surface area contributed by atoms with Crippen LogP contribution >= 0.6 is 0 Å². The van der Waals surface area contributed by atoms with Gasteiger partial charge in [0.25, 0.3) is 0 Å². The molecule has 2 aliphatic heterocycles. The smallest absolute Gasteiger partial charge is 0.227 e. The van der Waals surface area contributed by atoms with Gasteiger partial charge < -0.3 is 29.5 Å². The number of aliphatic hydroxyl groups excluding tert-OH is 1. The Kier molecular flexibility index (Phi) is 5.95. The number of carbonyl (C=O) groups is 2. The number of anilines is 1. The molecule has 1 fully saturated rings. The number of hydrogen-bond acceptors (Lipinski definition) is 6. The van der Waals surface area contributed by atoms with E-state index in [1.165, 1.54) is 7.11 Å². The third-order valence-electron chi connectivity index (χ3n) is 4.47. The molecule has 0 aromatic heterocycles. The number of aliphatic hydroxyl groups is 1. The van der Waals surface area contributed by atoms with Crippen LogP contribution in [0.25, 0.3) is 0 Å². The molecular weight excluding hydrogens is 340 g/mol. The molecule has 3 rings (SSSR count). The third-order valence-corrected chi connectivity index (χ3v) is 4.47. The lowest BCUT2D eigenvalue weighted by Gasteiger charge is -2.22. The third kappa shape index (κ3) is 4.25. The number of nitrogens with zero attached hydrogens (tertiary/aromatic N) is 1. The molecule has 0 saturated carbocycles. The predicted octanol–water partition coefficient (Wildman–Crippen LogP) is 0.324. The van der Waals surface area contributed by atoms with E-state index in [4.69, 9.17) is 14.2 Å². The number of amides is 2. The molecule has 142 valence electrons. The Morgan fingerprint density at radius 2 is 2.15 bits per heavy atom. The monoisotopic (exact) mass is 364 g/mol. The highest BCUT2D eigenvalue weighted by Gasteiger charge is 2.35. The summed E-state index contributed by atoms with van der Waals surface area (Å²) < 4.78 is 15.9. The van der Waals surface area contributed by atoms with Gasteiger partial charge in [-0.25, -0.2) is 0 Å². The summed E-state index contributed by atoms with van der Waals surface area (Å²) in [5.41, 5.74) is 0.699. The minimum atomic E-state index is -0.611. The van der Waals surface area contributed by atoms with Crippen LogP contribution in [0.5, 0.6) is 11.5 Å². The number of nitrogens with one attached hydrogen (secondary N) is 1. The molecule has 1 aromatic carbocycles. The maximum atomic E-state index is 12.3. The predicted molar refractivity (Wildman–Crippen MR) is 93.4 cm³/mol. The SMILES string of the molecule is COCC(O)CCNC(=O)C1CC(=O)N(c2ccc3c(c2)OCCO3)C1. The summed E-state index contributed by atoms with van der Waals surface area (Å²) in [5, 5.41) is 12.4. The lowest BCUT2D eigenvalue weighted by Crippen LogP contribution is -2.35. The van der Waals surface area contributed by atoms with Gasteiger partial charge in [-0.15, -0.1) is 0 Å². The molecule has 1 aromatic rings. The molecule has 0 bridgehead atoms. The fourth-order valence-corrected chi connectivity index (χ4v) is 3.11. The van der Waals surface area contributed by atoms with E-state index in [0.29, 0.717) is 49.9 Å². The standard InChI is InChI=1S/C18H24N2O6/c1-24-11-14(21)4-5-19-18(23)12-8-17(22)20(10-12)13-2-3-15-16(9-13)26-7-6-25-15/h2-3,9,12,14,21H,4-8,10-11H2,1H3,(H,19,23). The minimum Gasteiger partial charge on any atom is -0.486 e. The number of ether oxygens (including phenoxy) is 3. The van der Waals surface area contributed by atoms with Gasteiger partial charge in [-0.3, -0.25) is 9.59 Å². The zero-order valence-electron chi connectivity index (χ0n) is 14.8. The number of fused-ring (bicyclic) bond motifs is 1. The maximum absolute atomic E-state index is 12.3. The number of benzene rings is 1. The van der Waals surface area contributed by atoms with E-state index in [0.717, 1.165) is 0 Å². The van der Waals surface area contributed by atoms with Crippen LogP contribution < -0.4 is 19.7 Å². The molecule has 2 aliphatic rings. The van der Waals surface area contributed by atoms with Crippen LogP contribution in [0.15, 0.2) is 18.2 Å². The second-order valence-corrected chi connectivity index (χ2v) is 6.42. The molecule has 0 radical (unpaired) electrons. The van der Waals surface area contributed by atoms with Crippen molar-refractivity contribution in [1.29, 1.82) is 0 Å². The fourth-order valence-electron chi connectivity index (χ4n) is 3.11. The highest BCUT2D eigenvalue weighted by Crippen LogP contribution is 2.35. The van der Waals surface area contributed by atoms with Crippen molar-refractivity contribution in [3.63, 3.8) is 0 Å². The van der Waals surface area contributed by atoms with Gasteiger partial charge in [0.1, 0.15) is 13.2 Å². The second-order valence-electron chi connectivity index (χ2n) is 6.42. The van der Waals surface area contributed by atoms with Crippen LogP contribution in [0, 0.1) is 5.92 Å². The first-order valence-electron chi connectivity index (χ1n) is 8.73. The number of rotatable bonds is 7. The highest BCUT2D eigenvalue weighted by atomic mass is 16.6. The molecule has 8 nitrogen and oxygen atoms in total. The number of methoxy groups -OCH3 is 1. The molecule has 2 unspecified atom stereocenters. The average molecular weight is 364 g/mol. The molecule has 2 atom stereocenters. The van der Waals surface area contributed by atoms with Gasteiger partial charge in [0.15, 0.2) is 11.5 Å². The molecule has 0 spiro atoms. The molecular formula is C18H24N2O6. The average Bonchev–Trinajstić information content (AvgIpc) is 3.03. The normalized spacial score (nSPS) is 20.2. The first kappa shape index (κ1) is 18.5. The van der Waals surface area contributed by atoms with Crippen molar-refractivity contribution in [2.75, 3.05) is 44.9 Å². The summed E-state index contributed by atoms with van der Waals surface area (Å²) in [6.45, 7) is 1.89. The van der Waals surface area contributed by atoms with Crippen molar-refractivity contribution in [2.24, 2.45) is 5.92 Å². The quantitative estimate of drug-likeness (QED) is 0.723. The van der Waals surface area contributed by atoms with Crippen LogP contribution in [-0.4, -0.2) is 63.0 Å². The summed E-state index contributed by atoms with van der Waals surface area (Å²) in [6.07, 6.45) is -0.0350. The van der Waals surface area contributed by atoms with E-state index in [1.54, 1.807) is 23.1 Å². The van der Waals surface area contributed by atoms with Crippen LogP contribution in [0.2, 0.25) is 0 Å². The zero-order chi connectivity index (χ0) is 18.5. The largest absolute Gasteiger partial charge is 0.486 e. The van der Waals surface area contributed by atoms with Crippen molar-refractivity contribution in [3.8, 4) is 11.5 Å². The van der Waals surface area contributed by atoms with Gasteiger partial charge in [-0.05, 0) is 18.6 Å². The molecule has 2 amide bonds. The topological polar surface area (TPSA) is 97.3 Å². The number of carbonyl (C=O) groups excluding carboxylic acids is 2. The second kappa shape index (κ2) is 8.37. The van der Waals surface area contributed by atoms with Crippen molar-refractivity contribution in [1.82, 2.24) is 5.32 Å². The number of hydrogen-bond donors (Lipinski definition) is 2. The maximum Gasteiger partial charge on any atom is 0.227 e. The van der Waals surface area contributed by atoms with Gasteiger partial charge in [-0.1, -0.05) is 0 Å². The Balaban J connectivity index is 1.56. The molecule has 1 saturated heterocycles. The van der Waals surface area contributed by atoms with Gasteiger partial charge in [0, 0.05) is 38.4 Å². The van der Waals surface area contributed by atoms with E-state index >= 15 is 0 Å². The highest BCUT2D eigenvalue weighted by molar-refractivity contribution is 6.00. The van der Waals surface area contributed by atoms with Crippen molar-refractivity contribution >= 4 is 17.5 Å². The van der Waals surface area contributed by atoms with Crippen LogP contribution in [0.1, 0.15) is 12.8 Å². The van der Waals surface area contributed by atoms with Gasteiger partial charge in [0.2, 0.25) is 11.8 Å². The van der Waals surface area contributed by atoms with Gasteiger partial charge >= 0.3 is 0 Å². The zero-order valence-corrected chi connectivity index (χ0v) is 14.8. The van der Waals surface area contributed by atoms with E-state index < -0.39 is 12.0 Å².